The maximum Gasteiger partial charge on any atom is 0.325 e. The number of carbonyl (C=O) groups excluding carboxylic acids is 1. The van der Waals surface area contributed by atoms with Gasteiger partial charge in [0, 0.05) is 24.9 Å². The van der Waals surface area contributed by atoms with E-state index in [9.17, 15) is 9.59 Å². The Balaban J connectivity index is 1.89. The van der Waals surface area contributed by atoms with Gasteiger partial charge >= 0.3 is 5.97 Å². The summed E-state index contributed by atoms with van der Waals surface area (Å²) in [5, 5.41) is 18.8. The average Bonchev–Trinajstić information content (AvgIpc) is 3.00. The Labute approximate surface area is 137 Å². The summed E-state index contributed by atoms with van der Waals surface area (Å²) in [5.41, 5.74) is 0.838. The molecule has 0 saturated carbocycles. The second-order valence-corrected chi connectivity index (χ2v) is 4.71. The van der Waals surface area contributed by atoms with Crippen LogP contribution < -0.4 is 10.1 Å². The lowest BCUT2D eigenvalue weighted by Gasteiger charge is -2.06. The predicted molar refractivity (Wildman–Crippen MR) is 80.4 cm³/mol. The van der Waals surface area contributed by atoms with Crippen LogP contribution in [-0.2, 0) is 22.6 Å². The molecule has 0 aromatic carbocycles. The largest absolute Gasteiger partial charge is 0.480 e. The van der Waals surface area contributed by atoms with Crippen molar-refractivity contribution in [2.45, 2.75) is 13.1 Å². The van der Waals surface area contributed by atoms with Crippen molar-refractivity contribution in [2.24, 2.45) is 0 Å². The van der Waals surface area contributed by atoms with Gasteiger partial charge in [-0.25, -0.2) is 9.67 Å². The third kappa shape index (κ3) is 5.32. The third-order valence-electron chi connectivity index (χ3n) is 2.85. The van der Waals surface area contributed by atoms with Gasteiger partial charge < -0.3 is 19.9 Å². The first-order valence-electron chi connectivity index (χ1n) is 7.05. The number of ether oxygens (including phenoxy) is 2. The van der Waals surface area contributed by atoms with Crippen LogP contribution in [0.5, 0.6) is 5.88 Å². The lowest BCUT2D eigenvalue weighted by Crippen LogP contribution is -2.23. The fraction of sp³-hybridized carbons (Fsp3) is 0.357. The van der Waals surface area contributed by atoms with Gasteiger partial charge in [0.15, 0.2) is 0 Å². The Hall–Kier alpha value is -3.01. The zero-order valence-corrected chi connectivity index (χ0v) is 13.0. The quantitative estimate of drug-likeness (QED) is 0.598. The minimum absolute atomic E-state index is 0.126. The van der Waals surface area contributed by atoms with Gasteiger partial charge in [0.25, 0.3) is 5.91 Å². The van der Waals surface area contributed by atoms with Crippen molar-refractivity contribution in [1.82, 2.24) is 25.3 Å². The number of nitrogens with zero attached hydrogens (tertiary/aromatic N) is 4. The molecule has 128 valence electrons. The molecule has 2 N–H and O–H groups in total. The molecule has 0 bridgehead atoms. The van der Waals surface area contributed by atoms with E-state index in [0.717, 1.165) is 0 Å². The van der Waals surface area contributed by atoms with Crippen LogP contribution in [0.2, 0.25) is 0 Å². The van der Waals surface area contributed by atoms with Gasteiger partial charge in [0.05, 0.1) is 19.3 Å². The fourth-order valence-electron chi connectivity index (χ4n) is 1.77. The summed E-state index contributed by atoms with van der Waals surface area (Å²) < 4.78 is 11.4. The number of aromatic nitrogens is 4. The second kappa shape index (κ2) is 8.58. The minimum atomic E-state index is -1.02. The molecule has 0 fully saturated rings. The summed E-state index contributed by atoms with van der Waals surface area (Å²) in [5.74, 6) is -1.03. The van der Waals surface area contributed by atoms with Gasteiger partial charge in [0.2, 0.25) is 5.88 Å². The Morgan fingerprint density at radius 2 is 2.21 bits per heavy atom. The summed E-state index contributed by atoms with van der Waals surface area (Å²) in [6, 6.07) is 3.08. The molecule has 0 aliphatic carbocycles. The first kappa shape index (κ1) is 17.3. The van der Waals surface area contributed by atoms with Crippen molar-refractivity contribution < 1.29 is 24.2 Å². The number of carboxylic acids is 1. The Bertz CT molecular complexity index is 702. The van der Waals surface area contributed by atoms with Gasteiger partial charge in [-0.15, -0.1) is 5.10 Å². The van der Waals surface area contributed by atoms with E-state index in [2.05, 4.69) is 20.6 Å². The number of nitrogens with one attached hydrogen (secondary N) is 1. The molecule has 1 amide bonds. The predicted octanol–water partition coefficient (Wildman–Crippen LogP) is -0.287. The van der Waals surface area contributed by atoms with Crippen molar-refractivity contribution in [3.8, 4) is 5.88 Å². The van der Waals surface area contributed by atoms with Crippen molar-refractivity contribution in [2.75, 3.05) is 20.3 Å². The summed E-state index contributed by atoms with van der Waals surface area (Å²) in [4.78, 5) is 26.7. The number of carboxylic acid groups (broad SMARTS) is 1. The molecule has 0 radical (unpaired) electrons. The standard InChI is InChI=1S/C14H17N5O5/c1-23-4-5-24-12-6-10(2-3-15-12)14(22)16-7-11-8-19(18-17-11)9-13(20)21/h2-3,6,8H,4-5,7,9H2,1H3,(H,16,22)(H,20,21). The van der Waals surface area contributed by atoms with Crippen molar-refractivity contribution >= 4 is 11.9 Å². The summed E-state index contributed by atoms with van der Waals surface area (Å²) in [6.07, 6.45) is 2.93. The maximum absolute atomic E-state index is 12.1. The number of carbonyl (C=O) groups is 2. The van der Waals surface area contributed by atoms with Crippen LogP contribution in [0.4, 0.5) is 0 Å². The van der Waals surface area contributed by atoms with Gasteiger partial charge in [0.1, 0.15) is 18.8 Å². The molecule has 2 aromatic rings. The Morgan fingerprint density at radius 1 is 1.38 bits per heavy atom. The highest BCUT2D eigenvalue weighted by molar-refractivity contribution is 5.94. The Morgan fingerprint density at radius 3 is 2.96 bits per heavy atom. The summed E-state index contributed by atoms with van der Waals surface area (Å²) in [6.45, 7) is 0.597. The van der Waals surface area contributed by atoms with Crippen LogP contribution in [0.15, 0.2) is 24.5 Å². The highest BCUT2D eigenvalue weighted by Gasteiger charge is 2.09. The topological polar surface area (TPSA) is 128 Å². The Kier molecular flexibility index (Phi) is 6.20. The molecule has 0 unspecified atom stereocenters. The lowest BCUT2D eigenvalue weighted by molar-refractivity contribution is -0.137. The van der Waals surface area contributed by atoms with Crippen LogP contribution in [0.1, 0.15) is 16.1 Å². The van der Waals surface area contributed by atoms with E-state index in [1.165, 1.54) is 23.1 Å². The van der Waals surface area contributed by atoms with E-state index in [1.54, 1.807) is 13.2 Å². The maximum atomic E-state index is 12.1. The van der Waals surface area contributed by atoms with Gasteiger partial charge in [-0.3, -0.25) is 9.59 Å². The van der Waals surface area contributed by atoms with Crippen molar-refractivity contribution in [3.63, 3.8) is 0 Å². The molecule has 10 nitrogen and oxygen atoms in total. The molecule has 0 spiro atoms. The molecule has 0 aliphatic rings. The number of hydrogen-bond acceptors (Lipinski definition) is 7. The molecule has 2 aromatic heterocycles. The number of amides is 1. The summed E-state index contributed by atoms with van der Waals surface area (Å²) in [7, 11) is 1.56. The first-order chi connectivity index (χ1) is 11.6. The molecule has 0 atom stereocenters. The monoisotopic (exact) mass is 335 g/mol. The smallest absolute Gasteiger partial charge is 0.325 e. The molecule has 2 heterocycles. The molecule has 0 aliphatic heterocycles. The van der Waals surface area contributed by atoms with E-state index < -0.39 is 5.97 Å². The average molecular weight is 335 g/mol. The number of rotatable bonds is 9. The zero-order valence-electron chi connectivity index (χ0n) is 13.0. The highest BCUT2D eigenvalue weighted by atomic mass is 16.5. The molecule has 0 saturated heterocycles. The normalized spacial score (nSPS) is 10.4. The zero-order chi connectivity index (χ0) is 17.4. The van der Waals surface area contributed by atoms with Crippen LogP contribution in [0, 0.1) is 0 Å². The van der Waals surface area contributed by atoms with Crippen molar-refractivity contribution in [3.05, 3.63) is 35.8 Å². The van der Waals surface area contributed by atoms with Gasteiger partial charge in [-0.2, -0.15) is 0 Å². The highest BCUT2D eigenvalue weighted by Crippen LogP contribution is 2.09. The number of methoxy groups -OCH3 is 1. The van der Waals surface area contributed by atoms with E-state index >= 15 is 0 Å². The molecular formula is C14H17N5O5. The number of aliphatic carboxylic acids is 1. The van der Waals surface area contributed by atoms with E-state index in [-0.39, 0.29) is 19.0 Å². The lowest BCUT2D eigenvalue weighted by atomic mass is 10.2. The van der Waals surface area contributed by atoms with E-state index in [1.807, 2.05) is 0 Å². The van der Waals surface area contributed by atoms with E-state index in [0.29, 0.717) is 30.4 Å². The third-order valence-corrected chi connectivity index (χ3v) is 2.85. The molecule has 24 heavy (non-hydrogen) atoms. The fourth-order valence-corrected chi connectivity index (χ4v) is 1.77. The van der Waals surface area contributed by atoms with Crippen LogP contribution in [-0.4, -0.2) is 57.3 Å². The van der Waals surface area contributed by atoms with Gasteiger partial charge in [-0.05, 0) is 6.07 Å². The van der Waals surface area contributed by atoms with Crippen molar-refractivity contribution in [1.29, 1.82) is 0 Å². The number of hydrogen-bond donors (Lipinski definition) is 2. The summed E-state index contributed by atoms with van der Waals surface area (Å²) >= 11 is 0. The molecule has 10 heteroatoms. The van der Waals surface area contributed by atoms with Gasteiger partial charge in [-0.1, -0.05) is 5.21 Å². The SMILES string of the molecule is COCCOc1cc(C(=O)NCc2cn(CC(=O)O)nn2)ccn1. The minimum Gasteiger partial charge on any atom is -0.480 e. The second-order valence-electron chi connectivity index (χ2n) is 4.71. The molecule has 2 rings (SSSR count). The number of pyridine rings is 1. The first-order valence-corrected chi connectivity index (χ1v) is 7.05. The van der Waals surface area contributed by atoms with E-state index in [4.69, 9.17) is 14.6 Å². The van der Waals surface area contributed by atoms with Crippen LogP contribution in [0.25, 0.3) is 0 Å². The van der Waals surface area contributed by atoms with Crippen LogP contribution >= 0.6 is 0 Å². The van der Waals surface area contributed by atoms with Crippen LogP contribution in [0.3, 0.4) is 0 Å². The molecular weight excluding hydrogens is 318 g/mol.